The minimum atomic E-state index is -1.66. The smallest absolute Gasteiger partial charge is 0.255 e. The molecule has 148 valence electrons. The number of aromatic nitrogens is 3. The van der Waals surface area contributed by atoms with Gasteiger partial charge in [0.2, 0.25) is 0 Å². The van der Waals surface area contributed by atoms with Crippen LogP contribution in [0.4, 0.5) is 4.39 Å². The van der Waals surface area contributed by atoms with Crippen molar-refractivity contribution in [3.05, 3.63) is 82.5 Å². The molecule has 0 aliphatic carbocycles. The number of carbonyl (C=O) groups excluding carboxylic acids is 1. The molecule has 1 aliphatic rings. The summed E-state index contributed by atoms with van der Waals surface area (Å²) in [6, 6.07) is 11.9. The molecular formula is C22H14B2ClFN4O. The van der Waals surface area contributed by atoms with Crippen molar-refractivity contribution in [2.24, 2.45) is 7.05 Å². The predicted octanol–water partition coefficient (Wildman–Crippen LogP) is 3.53. The number of hydrogen-bond acceptors (Lipinski definition) is 3. The van der Waals surface area contributed by atoms with Gasteiger partial charge in [0.25, 0.3) is 5.91 Å². The Morgan fingerprint density at radius 3 is 2.71 bits per heavy atom. The number of nitrogens with zero attached hydrogens (tertiary/aromatic N) is 4. The van der Waals surface area contributed by atoms with E-state index >= 15 is 4.39 Å². The quantitative estimate of drug-likeness (QED) is 0.471. The fourth-order valence-electron chi connectivity index (χ4n) is 3.95. The lowest BCUT2D eigenvalue weighted by Gasteiger charge is -2.33. The zero-order chi connectivity index (χ0) is 21.9. The van der Waals surface area contributed by atoms with Crippen molar-refractivity contribution >= 4 is 44.1 Å². The number of amides is 1. The lowest BCUT2D eigenvalue weighted by atomic mass is 9.59. The molecule has 0 spiro atoms. The summed E-state index contributed by atoms with van der Waals surface area (Å²) in [7, 11) is 14.2. The van der Waals surface area contributed by atoms with Crippen LogP contribution in [0.15, 0.2) is 54.9 Å². The van der Waals surface area contributed by atoms with E-state index in [4.69, 9.17) is 27.3 Å². The van der Waals surface area contributed by atoms with E-state index in [0.29, 0.717) is 11.1 Å². The van der Waals surface area contributed by atoms with E-state index in [9.17, 15) is 4.79 Å². The van der Waals surface area contributed by atoms with Gasteiger partial charge in [-0.3, -0.25) is 14.5 Å². The zero-order valence-electron chi connectivity index (χ0n) is 16.5. The Morgan fingerprint density at radius 1 is 1.16 bits per heavy atom. The van der Waals surface area contributed by atoms with Crippen molar-refractivity contribution in [1.82, 2.24) is 19.7 Å². The van der Waals surface area contributed by atoms with Gasteiger partial charge in [0, 0.05) is 47.3 Å². The summed E-state index contributed by atoms with van der Waals surface area (Å²) >= 11 is 6.45. The van der Waals surface area contributed by atoms with Crippen LogP contribution in [0, 0.1) is 5.82 Å². The lowest BCUT2D eigenvalue weighted by molar-refractivity contribution is 0.0729. The number of rotatable bonds is 3. The van der Waals surface area contributed by atoms with Gasteiger partial charge in [0.05, 0.1) is 32.5 Å². The number of benzene rings is 2. The molecule has 4 aromatic rings. The van der Waals surface area contributed by atoms with Gasteiger partial charge >= 0.3 is 0 Å². The van der Waals surface area contributed by atoms with Crippen LogP contribution in [-0.2, 0) is 18.9 Å². The van der Waals surface area contributed by atoms with Crippen LogP contribution in [0.3, 0.4) is 0 Å². The number of carbonyl (C=O) groups is 1. The van der Waals surface area contributed by atoms with Crippen LogP contribution in [-0.4, -0.2) is 41.3 Å². The Balaban J connectivity index is 1.51. The fraction of sp³-hybridized carbons (Fsp3) is 0.136. The standard InChI is InChI=1S/C22H14B2ClFN4O/c1-29-10-14-7-12(4-5-19(14)28-29)13-8-17(25)16(18(26)9-13)11-30-21(31)15-3-2-6-27-20(15)22(30,23)24/h2-10H,11H2,1H3. The topological polar surface area (TPSA) is 51.0 Å². The van der Waals surface area contributed by atoms with Gasteiger partial charge in [-0.1, -0.05) is 17.7 Å². The maximum Gasteiger partial charge on any atom is 0.255 e. The molecule has 3 heterocycles. The van der Waals surface area contributed by atoms with E-state index in [0.717, 1.165) is 16.5 Å². The number of aryl methyl sites for hydroxylation is 1. The van der Waals surface area contributed by atoms with E-state index in [-0.39, 0.29) is 22.8 Å². The molecule has 0 N–H and O–H groups in total. The zero-order valence-corrected chi connectivity index (χ0v) is 17.3. The highest BCUT2D eigenvalue weighted by Crippen LogP contribution is 2.37. The second-order valence-electron chi connectivity index (χ2n) is 7.61. The molecule has 9 heteroatoms. The maximum absolute atomic E-state index is 15.1. The molecule has 2 aromatic heterocycles. The van der Waals surface area contributed by atoms with Crippen molar-refractivity contribution in [2.75, 3.05) is 0 Å². The Kier molecular flexibility index (Phi) is 4.45. The van der Waals surface area contributed by atoms with Crippen LogP contribution < -0.4 is 0 Å². The second-order valence-corrected chi connectivity index (χ2v) is 8.02. The third-order valence-electron chi connectivity index (χ3n) is 5.52. The molecule has 1 amide bonds. The molecule has 2 aromatic carbocycles. The van der Waals surface area contributed by atoms with Crippen molar-refractivity contribution < 1.29 is 9.18 Å². The molecule has 5 rings (SSSR count). The third-order valence-corrected chi connectivity index (χ3v) is 5.86. The molecule has 0 fully saturated rings. The first kappa shape index (κ1) is 19.8. The first-order chi connectivity index (χ1) is 14.8. The molecule has 0 saturated heterocycles. The van der Waals surface area contributed by atoms with Gasteiger partial charge < -0.3 is 4.90 Å². The van der Waals surface area contributed by atoms with Crippen LogP contribution in [0.1, 0.15) is 21.6 Å². The Morgan fingerprint density at radius 2 is 1.97 bits per heavy atom. The largest absolute Gasteiger partial charge is 0.340 e. The molecule has 0 saturated carbocycles. The van der Waals surface area contributed by atoms with E-state index < -0.39 is 17.1 Å². The first-order valence-corrected chi connectivity index (χ1v) is 9.90. The number of pyridine rings is 1. The Labute approximate surface area is 185 Å². The Bertz CT molecular complexity index is 1350. The minimum absolute atomic E-state index is 0.134. The normalized spacial score (nSPS) is 14.9. The highest BCUT2D eigenvalue weighted by atomic mass is 35.5. The fourth-order valence-corrected chi connectivity index (χ4v) is 4.22. The number of halogens is 2. The van der Waals surface area contributed by atoms with Crippen LogP contribution in [0.2, 0.25) is 5.02 Å². The van der Waals surface area contributed by atoms with Crippen molar-refractivity contribution in [3.8, 4) is 11.1 Å². The van der Waals surface area contributed by atoms with Gasteiger partial charge in [-0.2, -0.15) is 5.10 Å². The van der Waals surface area contributed by atoms with Crippen LogP contribution >= 0.6 is 11.6 Å². The Hall–Kier alpha value is -3.12. The molecule has 0 atom stereocenters. The van der Waals surface area contributed by atoms with Crippen molar-refractivity contribution in [3.63, 3.8) is 0 Å². The monoisotopic (exact) mass is 426 g/mol. The number of hydrogen-bond donors (Lipinski definition) is 0. The summed E-state index contributed by atoms with van der Waals surface area (Å²) in [4.78, 5) is 18.1. The van der Waals surface area contributed by atoms with Crippen molar-refractivity contribution in [1.29, 1.82) is 0 Å². The first-order valence-electron chi connectivity index (χ1n) is 9.52. The predicted molar refractivity (Wildman–Crippen MR) is 118 cm³/mol. The van der Waals surface area contributed by atoms with Crippen LogP contribution in [0.5, 0.6) is 0 Å². The molecule has 0 unspecified atom stereocenters. The van der Waals surface area contributed by atoms with E-state index in [1.165, 1.54) is 17.2 Å². The van der Waals surface area contributed by atoms with Gasteiger partial charge in [0.1, 0.15) is 5.82 Å². The SMILES string of the molecule is [B]C1([B])c2ncccc2C(=O)N1Cc1c(F)cc(-c2ccc3nn(C)cc3c2)cc1Cl. The van der Waals surface area contributed by atoms with E-state index in [1.807, 2.05) is 31.4 Å². The summed E-state index contributed by atoms with van der Waals surface area (Å²) in [5.74, 6) is -0.976. The van der Waals surface area contributed by atoms with Gasteiger partial charge in [-0.15, -0.1) is 0 Å². The summed E-state index contributed by atoms with van der Waals surface area (Å²) in [5.41, 5.74) is 2.94. The molecule has 0 bridgehead atoms. The molecular weight excluding hydrogens is 412 g/mol. The van der Waals surface area contributed by atoms with E-state index in [1.54, 1.807) is 22.9 Å². The van der Waals surface area contributed by atoms with Gasteiger partial charge in [-0.05, 0) is 47.5 Å². The summed E-state index contributed by atoms with van der Waals surface area (Å²) in [6.07, 6.45) is 3.39. The molecule has 4 radical (unpaired) electrons. The average Bonchev–Trinajstić information content (AvgIpc) is 3.19. The number of fused-ring (bicyclic) bond motifs is 2. The summed E-state index contributed by atoms with van der Waals surface area (Å²) < 4.78 is 16.9. The summed E-state index contributed by atoms with van der Waals surface area (Å²) in [5, 5.41) is 3.79. The average molecular weight is 426 g/mol. The minimum Gasteiger partial charge on any atom is -0.340 e. The summed E-state index contributed by atoms with van der Waals surface area (Å²) in [6.45, 7) is -0.186. The van der Waals surface area contributed by atoms with Gasteiger partial charge in [-0.25, -0.2) is 4.39 Å². The second kappa shape index (κ2) is 6.95. The van der Waals surface area contributed by atoms with E-state index in [2.05, 4.69) is 10.1 Å². The van der Waals surface area contributed by atoms with Crippen LogP contribution in [0.25, 0.3) is 22.0 Å². The van der Waals surface area contributed by atoms with Crippen molar-refractivity contribution in [2.45, 2.75) is 11.9 Å². The van der Waals surface area contributed by atoms with Gasteiger partial charge in [0.15, 0.2) is 0 Å². The highest BCUT2D eigenvalue weighted by molar-refractivity contribution is 6.42. The molecule has 31 heavy (non-hydrogen) atoms. The highest BCUT2D eigenvalue weighted by Gasteiger charge is 2.43. The lowest BCUT2D eigenvalue weighted by Crippen LogP contribution is -2.44. The molecule has 5 nitrogen and oxygen atoms in total. The third kappa shape index (κ3) is 3.13. The molecule has 1 aliphatic heterocycles. The maximum atomic E-state index is 15.1.